The molecule has 0 aliphatic rings. The number of nitrogens with one attached hydrogen (secondary N) is 1. The quantitative estimate of drug-likeness (QED) is 0.730. The van der Waals surface area contributed by atoms with Crippen LogP contribution >= 0.6 is 0 Å². The van der Waals surface area contributed by atoms with E-state index in [1.54, 1.807) is 6.07 Å². The van der Waals surface area contributed by atoms with Crippen molar-refractivity contribution in [2.45, 2.75) is 6.92 Å². The number of phenolic OH excluding ortho intramolecular Hbond substituents is 1. The van der Waals surface area contributed by atoms with Gasteiger partial charge in [-0.3, -0.25) is 10.3 Å². The van der Waals surface area contributed by atoms with Gasteiger partial charge >= 0.3 is 0 Å². The third kappa shape index (κ3) is 2.44. The number of aromatic hydroxyl groups is 1. The van der Waals surface area contributed by atoms with Gasteiger partial charge in [0.15, 0.2) is 11.5 Å². The molecule has 5 heteroatoms. The smallest absolute Gasteiger partial charge is 0.189 e. The normalized spacial score (nSPS) is 9.80. The van der Waals surface area contributed by atoms with E-state index in [9.17, 15) is 5.11 Å². The molecule has 0 saturated heterocycles. The number of phenols is 1. The zero-order valence-electron chi connectivity index (χ0n) is 9.03. The zero-order chi connectivity index (χ0) is 11.3. The van der Waals surface area contributed by atoms with Gasteiger partial charge in [0.1, 0.15) is 11.4 Å². The van der Waals surface area contributed by atoms with Crippen molar-refractivity contribution in [3.63, 3.8) is 0 Å². The number of rotatable bonds is 5. The summed E-state index contributed by atoms with van der Waals surface area (Å²) in [6, 6.07) is 3.12. The Morgan fingerprint density at radius 3 is 2.53 bits per heavy atom. The lowest BCUT2D eigenvalue weighted by molar-refractivity contribution is 0.206. The summed E-state index contributed by atoms with van der Waals surface area (Å²) in [5, 5.41) is 9.53. The molecule has 1 rings (SSSR count). The molecule has 1 aromatic carbocycles. The van der Waals surface area contributed by atoms with Gasteiger partial charge in [0.05, 0.1) is 20.8 Å². The largest absolute Gasteiger partial charge is 0.504 e. The minimum Gasteiger partial charge on any atom is -0.504 e. The number of hydrogen-bond donors (Lipinski definition) is 2. The maximum absolute atomic E-state index is 9.53. The SMILES string of the molecule is CCONc1c(OC)ccc(O)c1OC. The highest BCUT2D eigenvalue weighted by molar-refractivity contribution is 5.69. The first kappa shape index (κ1) is 11.5. The van der Waals surface area contributed by atoms with E-state index in [0.717, 1.165) is 0 Å². The van der Waals surface area contributed by atoms with E-state index in [-0.39, 0.29) is 5.75 Å². The molecule has 0 saturated carbocycles. The Morgan fingerprint density at radius 2 is 2.00 bits per heavy atom. The van der Waals surface area contributed by atoms with Gasteiger partial charge in [-0.25, -0.2) is 0 Å². The van der Waals surface area contributed by atoms with Gasteiger partial charge in [-0.05, 0) is 19.1 Å². The second kappa shape index (κ2) is 5.31. The van der Waals surface area contributed by atoms with Crippen molar-refractivity contribution in [3.05, 3.63) is 12.1 Å². The van der Waals surface area contributed by atoms with E-state index < -0.39 is 0 Å². The maximum atomic E-state index is 9.53. The molecule has 84 valence electrons. The van der Waals surface area contributed by atoms with Gasteiger partial charge in [-0.2, -0.15) is 0 Å². The van der Waals surface area contributed by atoms with Crippen molar-refractivity contribution >= 4 is 5.69 Å². The molecule has 1 aromatic rings. The van der Waals surface area contributed by atoms with Crippen molar-refractivity contribution in [1.29, 1.82) is 0 Å². The van der Waals surface area contributed by atoms with E-state index >= 15 is 0 Å². The zero-order valence-corrected chi connectivity index (χ0v) is 9.03. The summed E-state index contributed by atoms with van der Waals surface area (Å²) >= 11 is 0. The average molecular weight is 213 g/mol. The lowest BCUT2D eigenvalue weighted by Gasteiger charge is -2.14. The fourth-order valence-electron chi connectivity index (χ4n) is 1.17. The predicted octanol–water partition coefficient (Wildman–Crippen LogP) is 1.77. The first-order chi connectivity index (χ1) is 7.24. The second-order valence-corrected chi connectivity index (χ2v) is 2.73. The lowest BCUT2D eigenvalue weighted by atomic mass is 10.2. The van der Waals surface area contributed by atoms with Crippen LogP contribution < -0.4 is 15.0 Å². The van der Waals surface area contributed by atoms with Crippen LogP contribution in [0.3, 0.4) is 0 Å². The molecular formula is C10H15NO4. The highest BCUT2D eigenvalue weighted by Gasteiger charge is 2.14. The topological polar surface area (TPSA) is 60.0 Å². The number of ether oxygens (including phenoxy) is 2. The molecule has 0 unspecified atom stereocenters. The number of benzene rings is 1. The minimum absolute atomic E-state index is 0.0282. The van der Waals surface area contributed by atoms with Crippen LogP contribution in [-0.4, -0.2) is 25.9 Å². The molecule has 0 fully saturated rings. The summed E-state index contributed by atoms with van der Waals surface area (Å²) in [4.78, 5) is 5.04. The van der Waals surface area contributed by atoms with Crippen LogP contribution in [0.4, 0.5) is 5.69 Å². The first-order valence-electron chi connectivity index (χ1n) is 4.56. The molecule has 2 N–H and O–H groups in total. The van der Waals surface area contributed by atoms with Crippen molar-refractivity contribution in [3.8, 4) is 17.2 Å². The molecule has 0 heterocycles. The molecule has 15 heavy (non-hydrogen) atoms. The standard InChI is InChI=1S/C10H15NO4/c1-4-15-11-9-8(13-2)6-5-7(12)10(9)14-3/h5-6,11-12H,4H2,1-3H3. The van der Waals surface area contributed by atoms with Crippen molar-refractivity contribution in [2.24, 2.45) is 0 Å². The third-order valence-corrected chi connectivity index (χ3v) is 1.84. The van der Waals surface area contributed by atoms with Gasteiger partial charge in [0, 0.05) is 0 Å². The molecule has 0 aliphatic carbocycles. The summed E-state index contributed by atoms with van der Waals surface area (Å²) in [5.74, 6) is 0.862. The van der Waals surface area contributed by atoms with Gasteiger partial charge < -0.3 is 14.6 Å². The van der Waals surface area contributed by atoms with Crippen molar-refractivity contribution in [2.75, 3.05) is 26.3 Å². The van der Waals surface area contributed by atoms with E-state index in [1.165, 1.54) is 20.3 Å². The van der Waals surface area contributed by atoms with Crippen molar-refractivity contribution < 1.29 is 19.4 Å². The molecule has 0 spiro atoms. The molecular weight excluding hydrogens is 198 g/mol. The Bertz CT molecular complexity index is 327. The average Bonchev–Trinajstić information content (AvgIpc) is 2.26. The minimum atomic E-state index is 0.0282. The Hall–Kier alpha value is -1.62. The Balaban J connectivity index is 3.09. The van der Waals surface area contributed by atoms with Crippen LogP contribution in [0.15, 0.2) is 12.1 Å². The van der Waals surface area contributed by atoms with E-state index in [2.05, 4.69) is 5.48 Å². The predicted molar refractivity (Wildman–Crippen MR) is 56.5 cm³/mol. The summed E-state index contributed by atoms with van der Waals surface area (Å²) in [5.41, 5.74) is 3.14. The van der Waals surface area contributed by atoms with Gasteiger partial charge in [-0.15, -0.1) is 0 Å². The highest BCUT2D eigenvalue weighted by atomic mass is 16.6. The molecule has 0 aromatic heterocycles. The lowest BCUT2D eigenvalue weighted by Crippen LogP contribution is -2.04. The summed E-state index contributed by atoms with van der Waals surface area (Å²) in [7, 11) is 2.99. The Morgan fingerprint density at radius 1 is 1.27 bits per heavy atom. The molecule has 5 nitrogen and oxygen atoms in total. The fraction of sp³-hybridized carbons (Fsp3) is 0.400. The van der Waals surface area contributed by atoms with Gasteiger partial charge in [0.2, 0.25) is 0 Å². The van der Waals surface area contributed by atoms with Crippen LogP contribution in [0.5, 0.6) is 17.2 Å². The number of anilines is 1. The highest BCUT2D eigenvalue weighted by Crippen LogP contribution is 2.41. The summed E-state index contributed by atoms with van der Waals surface area (Å²) in [6.45, 7) is 2.33. The van der Waals surface area contributed by atoms with Crippen LogP contribution in [-0.2, 0) is 4.84 Å². The number of hydrogen-bond acceptors (Lipinski definition) is 5. The fourth-order valence-corrected chi connectivity index (χ4v) is 1.17. The first-order valence-corrected chi connectivity index (χ1v) is 4.56. The molecule has 0 amide bonds. The van der Waals surface area contributed by atoms with Crippen LogP contribution in [0.25, 0.3) is 0 Å². The molecule has 0 aliphatic heterocycles. The van der Waals surface area contributed by atoms with E-state index in [4.69, 9.17) is 14.3 Å². The van der Waals surface area contributed by atoms with Crippen molar-refractivity contribution in [1.82, 2.24) is 0 Å². The third-order valence-electron chi connectivity index (χ3n) is 1.84. The van der Waals surface area contributed by atoms with Gasteiger partial charge in [0.25, 0.3) is 0 Å². The molecule has 0 atom stereocenters. The van der Waals surface area contributed by atoms with Crippen LogP contribution in [0.2, 0.25) is 0 Å². The molecule has 0 bridgehead atoms. The maximum Gasteiger partial charge on any atom is 0.189 e. The van der Waals surface area contributed by atoms with E-state index in [0.29, 0.717) is 23.8 Å². The van der Waals surface area contributed by atoms with Crippen LogP contribution in [0, 0.1) is 0 Å². The summed E-state index contributed by atoms with van der Waals surface area (Å²) in [6.07, 6.45) is 0. The van der Waals surface area contributed by atoms with Gasteiger partial charge in [-0.1, -0.05) is 0 Å². The Labute approximate surface area is 88.5 Å². The monoisotopic (exact) mass is 213 g/mol. The molecule has 0 radical (unpaired) electrons. The Kier molecular flexibility index (Phi) is 4.05. The van der Waals surface area contributed by atoms with E-state index in [1.807, 2.05) is 6.92 Å². The summed E-state index contributed by atoms with van der Waals surface area (Å²) < 4.78 is 10.1. The second-order valence-electron chi connectivity index (χ2n) is 2.73. The van der Waals surface area contributed by atoms with Crippen LogP contribution in [0.1, 0.15) is 6.92 Å². The number of methoxy groups -OCH3 is 2.